The minimum Gasteiger partial charge on any atom is -0.446 e. The van der Waals surface area contributed by atoms with Gasteiger partial charge in [-0.25, -0.2) is 4.79 Å². The molecular weight excluding hydrogens is 341 g/mol. The molecule has 25 heavy (non-hydrogen) atoms. The largest absolute Gasteiger partial charge is 0.446 e. The van der Waals surface area contributed by atoms with Crippen LogP contribution in [-0.2, 0) is 18.3 Å². The first-order chi connectivity index (χ1) is 12.0. The van der Waals surface area contributed by atoms with Crippen LogP contribution in [-0.4, -0.2) is 25.0 Å². The van der Waals surface area contributed by atoms with Crippen molar-refractivity contribution in [2.24, 2.45) is 0 Å². The van der Waals surface area contributed by atoms with Crippen LogP contribution < -0.4 is 5.73 Å². The van der Waals surface area contributed by atoms with E-state index in [1.807, 2.05) is 13.8 Å². The van der Waals surface area contributed by atoms with E-state index in [4.69, 9.17) is 19.5 Å². The maximum Gasteiger partial charge on any atom is 0.370 e. The summed E-state index contributed by atoms with van der Waals surface area (Å²) in [6, 6.07) is 6.38. The summed E-state index contributed by atoms with van der Waals surface area (Å²) in [5, 5.41) is 0. The van der Waals surface area contributed by atoms with Gasteiger partial charge in [0.05, 0.1) is 18.8 Å². The molecule has 6 nitrogen and oxygen atoms in total. The Labute approximate surface area is 150 Å². The molecule has 0 saturated heterocycles. The Hall–Kier alpha value is -1.36. The van der Waals surface area contributed by atoms with E-state index in [1.165, 1.54) is 0 Å². The molecule has 0 heterocycles. The van der Waals surface area contributed by atoms with Crippen molar-refractivity contribution in [1.82, 2.24) is 0 Å². The van der Waals surface area contributed by atoms with Gasteiger partial charge in [0.15, 0.2) is 0 Å². The van der Waals surface area contributed by atoms with Gasteiger partial charge in [-0.05, 0) is 43.5 Å². The molecule has 2 N–H and O–H groups in total. The van der Waals surface area contributed by atoms with Crippen LogP contribution in [0.15, 0.2) is 24.3 Å². The van der Waals surface area contributed by atoms with Crippen molar-refractivity contribution >= 4 is 19.3 Å². The highest BCUT2D eigenvalue weighted by molar-refractivity contribution is 7.54. The molecule has 142 valence electrons. The van der Waals surface area contributed by atoms with Gasteiger partial charge >= 0.3 is 13.6 Å². The first-order valence-electron chi connectivity index (χ1n) is 8.92. The van der Waals surface area contributed by atoms with E-state index in [-0.39, 0.29) is 0 Å². The van der Waals surface area contributed by atoms with Crippen molar-refractivity contribution < 1.29 is 23.1 Å². The zero-order valence-electron chi connectivity index (χ0n) is 15.4. The second kappa shape index (κ2) is 11.3. The molecular formula is C18H30NO5P. The number of nitrogens with two attached hydrogens (primary N) is 1. The van der Waals surface area contributed by atoms with Gasteiger partial charge in [-0.1, -0.05) is 33.6 Å². The van der Waals surface area contributed by atoms with Gasteiger partial charge in [0.2, 0.25) is 5.85 Å². The number of benzene rings is 1. The van der Waals surface area contributed by atoms with Crippen LogP contribution >= 0.6 is 7.60 Å². The van der Waals surface area contributed by atoms with Crippen LogP contribution in [0.4, 0.5) is 5.69 Å². The summed E-state index contributed by atoms with van der Waals surface area (Å²) in [6.07, 6.45) is 3.71. The molecule has 1 rings (SSSR count). The summed E-state index contributed by atoms with van der Waals surface area (Å²) in [5.74, 6) is -1.49. The Morgan fingerprint density at radius 3 is 2.00 bits per heavy atom. The zero-order chi connectivity index (χ0) is 18.7. The molecule has 0 aromatic heterocycles. The molecule has 1 atom stereocenters. The number of hydrogen-bond donors (Lipinski definition) is 1. The minimum absolute atomic E-state index is 0.315. The highest BCUT2D eigenvalue weighted by Crippen LogP contribution is 2.55. The molecule has 1 aromatic carbocycles. The lowest BCUT2D eigenvalue weighted by Gasteiger charge is -2.26. The van der Waals surface area contributed by atoms with Gasteiger partial charge < -0.3 is 19.5 Å². The molecule has 7 heteroatoms. The van der Waals surface area contributed by atoms with Crippen molar-refractivity contribution in [3.8, 4) is 0 Å². The molecule has 1 aromatic rings. The molecule has 0 bridgehead atoms. The topological polar surface area (TPSA) is 87.9 Å². The normalized spacial score (nSPS) is 12.8. The molecule has 0 radical (unpaired) electrons. The van der Waals surface area contributed by atoms with E-state index in [2.05, 4.69) is 0 Å². The molecule has 0 spiro atoms. The number of nitrogen functional groups attached to an aromatic ring is 1. The van der Waals surface area contributed by atoms with E-state index >= 15 is 0 Å². The Bertz CT molecular complexity index is 547. The molecule has 0 saturated carbocycles. The maximum atomic E-state index is 13.2. The summed E-state index contributed by atoms with van der Waals surface area (Å²) in [7, 11) is -3.54. The molecule has 0 amide bonds. The molecule has 0 aliphatic rings. The van der Waals surface area contributed by atoms with Crippen molar-refractivity contribution in [3.63, 3.8) is 0 Å². The van der Waals surface area contributed by atoms with Crippen molar-refractivity contribution in [1.29, 1.82) is 0 Å². The third-order valence-corrected chi connectivity index (χ3v) is 5.89. The summed E-state index contributed by atoms with van der Waals surface area (Å²) in [6.45, 7) is 6.46. The third-order valence-electron chi connectivity index (χ3n) is 3.63. The number of esters is 1. The van der Waals surface area contributed by atoms with Gasteiger partial charge in [0.1, 0.15) is 0 Å². The third kappa shape index (κ3) is 7.18. The predicted molar refractivity (Wildman–Crippen MR) is 99.7 cm³/mol. The number of anilines is 1. The average Bonchev–Trinajstić information content (AvgIpc) is 2.60. The monoisotopic (exact) mass is 371 g/mol. The van der Waals surface area contributed by atoms with Crippen LogP contribution in [0.25, 0.3) is 0 Å². The Kier molecular flexibility index (Phi) is 9.79. The quantitative estimate of drug-likeness (QED) is 0.241. The van der Waals surface area contributed by atoms with Crippen LogP contribution in [0.2, 0.25) is 0 Å². The van der Waals surface area contributed by atoms with Gasteiger partial charge in [-0.3, -0.25) is 4.57 Å². The maximum absolute atomic E-state index is 13.2. The Morgan fingerprint density at radius 2 is 1.56 bits per heavy atom. The number of unbranched alkanes of at least 4 members (excludes halogenated alkanes) is 2. The number of ether oxygens (including phenoxy) is 1. The first kappa shape index (κ1) is 21.7. The van der Waals surface area contributed by atoms with Crippen LogP contribution in [0, 0.1) is 0 Å². The van der Waals surface area contributed by atoms with E-state index in [9.17, 15) is 9.36 Å². The van der Waals surface area contributed by atoms with Gasteiger partial charge in [0, 0.05) is 5.69 Å². The van der Waals surface area contributed by atoms with Crippen molar-refractivity contribution in [2.45, 2.75) is 58.7 Å². The van der Waals surface area contributed by atoms with Crippen molar-refractivity contribution in [3.05, 3.63) is 29.8 Å². The number of carbonyl (C=O) groups is 1. The van der Waals surface area contributed by atoms with Crippen LogP contribution in [0.3, 0.4) is 0 Å². The fourth-order valence-electron chi connectivity index (χ4n) is 2.06. The summed E-state index contributed by atoms with van der Waals surface area (Å²) in [5.41, 5.74) is 6.53. The second-order valence-electron chi connectivity index (χ2n) is 5.80. The standard InChI is InChI=1S/C18H30NO5P/c1-4-7-13-22-25(21,23-14-8-5-2)17(6-3)24-18(20)15-9-11-16(19)12-10-15/h9-12,17H,4-8,13-14,19H2,1-3H3. The lowest BCUT2D eigenvalue weighted by molar-refractivity contribution is 0.0354. The SMILES string of the molecule is CCCCOP(=O)(OCCCC)C(CC)OC(=O)c1ccc(N)cc1. The fourth-order valence-corrected chi connectivity index (χ4v) is 3.90. The molecule has 0 fully saturated rings. The molecule has 1 unspecified atom stereocenters. The summed E-state index contributed by atoms with van der Waals surface area (Å²) < 4.78 is 29.8. The van der Waals surface area contributed by atoms with E-state index in [0.717, 1.165) is 25.7 Å². The predicted octanol–water partition coefficient (Wildman–Crippen LogP) is 4.99. The lowest BCUT2D eigenvalue weighted by Crippen LogP contribution is -2.21. The zero-order valence-corrected chi connectivity index (χ0v) is 16.3. The van der Waals surface area contributed by atoms with Crippen molar-refractivity contribution in [2.75, 3.05) is 18.9 Å². The smallest absolute Gasteiger partial charge is 0.370 e. The second-order valence-corrected chi connectivity index (χ2v) is 7.98. The van der Waals surface area contributed by atoms with Crippen LogP contribution in [0.5, 0.6) is 0 Å². The van der Waals surface area contributed by atoms with E-state index < -0.39 is 19.4 Å². The highest BCUT2D eigenvalue weighted by atomic mass is 31.2. The fraction of sp³-hybridized carbons (Fsp3) is 0.611. The van der Waals surface area contributed by atoms with E-state index in [1.54, 1.807) is 31.2 Å². The Balaban J connectivity index is 2.84. The van der Waals surface area contributed by atoms with Gasteiger partial charge in [-0.15, -0.1) is 0 Å². The highest BCUT2D eigenvalue weighted by Gasteiger charge is 2.38. The number of hydrogen-bond acceptors (Lipinski definition) is 6. The number of carbonyl (C=O) groups excluding carboxylic acids is 1. The Morgan fingerprint density at radius 1 is 1.04 bits per heavy atom. The van der Waals surface area contributed by atoms with Gasteiger partial charge in [0.25, 0.3) is 0 Å². The number of rotatable bonds is 12. The van der Waals surface area contributed by atoms with Gasteiger partial charge in [-0.2, -0.15) is 0 Å². The molecule has 0 aliphatic carbocycles. The minimum atomic E-state index is -3.54. The lowest BCUT2D eigenvalue weighted by atomic mass is 10.2. The average molecular weight is 371 g/mol. The summed E-state index contributed by atoms with van der Waals surface area (Å²) in [4.78, 5) is 12.3. The first-order valence-corrected chi connectivity index (χ1v) is 10.5. The summed E-state index contributed by atoms with van der Waals surface area (Å²) >= 11 is 0. The van der Waals surface area contributed by atoms with E-state index in [0.29, 0.717) is 30.9 Å². The molecule has 0 aliphatic heterocycles. The van der Waals surface area contributed by atoms with Crippen LogP contribution in [0.1, 0.15) is 63.2 Å².